The van der Waals surface area contributed by atoms with Crippen LogP contribution in [0.4, 0.5) is 8.78 Å². The zero-order chi connectivity index (χ0) is 15.0. The second-order valence-electron chi connectivity index (χ2n) is 5.05. The summed E-state index contributed by atoms with van der Waals surface area (Å²) < 4.78 is 31.3. The fourth-order valence-electron chi connectivity index (χ4n) is 2.63. The first-order valence-corrected chi connectivity index (χ1v) is 6.52. The Morgan fingerprint density at radius 3 is 2.76 bits per heavy atom. The van der Waals surface area contributed by atoms with Crippen LogP contribution < -0.4 is 0 Å². The second-order valence-corrected chi connectivity index (χ2v) is 5.05. The van der Waals surface area contributed by atoms with Crippen molar-refractivity contribution in [2.75, 3.05) is 6.54 Å². The summed E-state index contributed by atoms with van der Waals surface area (Å²) in [5, 5.41) is 9.82. The summed E-state index contributed by atoms with van der Waals surface area (Å²) in [5.41, 5.74) is 0.818. The zero-order valence-electron chi connectivity index (χ0n) is 11.0. The molecule has 110 valence electrons. The topological polar surface area (TPSA) is 53.7 Å². The molecule has 2 heterocycles. The Hall–Kier alpha value is -2.21. The number of aliphatic hydroxyl groups excluding tert-OH is 1. The summed E-state index contributed by atoms with van der Waals surface area (Å²) in [5.74, 6) is -2.22. The van der Waals surface area contributed by atoms with Crippen molar-refractivity contribution in [3.63, 3.8) is 0 Å². The lowest BCUT2D eigenvalue weighted by Gasteiger charge is -2.24. The highest BCUT2D eigenvalue weighted by atomic mass is 19.2. The molecular weight excluding hydrogens is 280 g/mol. The third-order valence-corrected chi connectivity index (χ3v) is 3.64. The molecule has 0 radical (unpaired) electrons. The summed E-state index contributed by atoms with van der Waals surface area (Å²) in [6.07, 6.45) is 2.29. The van der Waals surface area contributed by atoms with E-state index in [2.05, 4.69) is 0 Å². The van der Waals surface area contributed by atoms with E-state index in [1.165, 1.54) is 29.6 Å². The number of hydrogen-bond acceptors (Lipinski definition) is 3. The van der Waals surface area contributed by atoms with E-state index in [0.29, 0.717) is 11.1 Å². The molecule has 1 amide bonds. The van der Waals surface area contributed by atoms with Gasteiger partial charge in [-0.15, -0.1) is 0 Å². The maximum atomic E-state index is 13.4. The molecule has 2 atom stereocenters. The SMILES string of the molecule is O=C(c1ccoc1)N1C[C@@H](O)C[C@H]1c1ccc(F)c(F)c1. The maximum absolute atomic E-state index is 13.4. The third-order valence-electron chi connectivity index (χ3n) is 3.64. The van der Waals surface area contributed by atoms with Crippen LogP contribution in [0, 0.1) is 11.6 Å². The highest BCUT2D eigenvalue weighted by Gasteiger charge is 2.36. The number of benzene rings is 1. The van der Waals surface area contributed by atoms with Gasteiger partial charge in [-0.3, -0.25) is 4.79 Å². The van der Waals surface area contributed by atoms with Crippen LogP contribution in [0.15, 0.2) is 41.2 Å². The molecule has 1 aliphatic rings. The molecular formula is C15H13F2NO3. The van der Waals surface area contributed by atoms with Gasteiger partial charge in [0.05, 0.1) is 24.0 Å². The zero-order valence-corrected chi connectivity index (χ0v) is 11.0. The van der Waals surface area contributed by atoms with E-state index < -0.39 is 23.8 Å². The van der Waals surface area contributed by atoms with Gasteiger partial charge in [0, 0.05) is 6.54 Å². The smallest absolute Gasteiger partial charge is 0.257 e. The lowest BCUT2D eigenvalue weighted by atomic mass is 10.0. The number of rotatable bonds is 2. The molecule has 0 unspecified atom stereocenters. The van der Waals surface area contributed by atoms with Crippen molar-refractivity contribution in [2.24, 2.45) is 0 Å². The van der Waals surface area contributed by atoms with E-state index >= 15 is 0 Å². The molecule has 21 heavy (non-hydrogen) atoms. The van der Waals surface area contributed by atoms with Crippen LogP contribution >= 0.6 is 0 Å². The standard InChI is InChI=1S/C15H13F2NO3/c16-12-2-1-9(5-13(12)17)14-6-11(19)7-18(14)15(20)10-3-4-21-8-10/h1-5,8,11,14,19H,6-7H2/t11-,14-/m0/s1. The minimum absolute atomic E-state index is 0.147. The van der Waals surface area contributed by atoms with Gasteiger partial charge in [-0.2, -0.15) is 0 Å². The molecule has 0 spiro atoms. The van der Waals surface area contributed by atoms with Crippen molar-refractivity contribution in [2.45, 2.75) is 18.6 Å². The molecule has 1 aromatic heterocycles. The second kappa shape index (κ2) is 5.29. The quantitative estimate of drug-likeness (QED) is 0.925. The minimum Gasteiger partial charge on any atom is -0.472 e. The number of hydrogen-bond donors (Lipinski definition) is 1. The van der Waals surface area contributed by atoms with Gasteiger partial charge in [0.15, 0.2) is 11.6 Å². The van der Waals surface area contributed by atoms with Gasteiger partial charge in [0.1, 0.15) is 6.26 Å². The number of furan rings is 1. The Kier molecular flexibility index (Phi) is 3.47. The summed E-state index contributed by atoms with van der Waals surface area (Å²) in [6, 6.07) is 4.55. The summed E-state index contributed by atoms with van der Waals surface area (Å²) in [7, 11) is 0. The van der Waals surface area contributed by atoms with Crippen molar-refractivity contribution in [3.05, 3.63) is 59.6 Å². The predicted molar refractivity (Wildman–Crippen MR) is 69.5 cm³/mol. The molecule has 1 aliphatic heterocycles. The average molecular weight is 293 g/mol. The van der Waals surface area contributed by atoms with Crippen LogP contribution in [0.5, 0.6) is 0 Å². The Bertz CT molecular complexity index is 657. The van der Waals surface area contributed by atoms with Crippen molar-refractivity contribution in [1.82, 2.24) is 4.90 Å². The Morgan fingerprint density at radius 2 is 2.10 bits per heavy atom. The molecule has 4 nitrogen and oxygen atoms in total. The van der Waals surface area contributed by atoms with Gasteiger partial charge in [0.2, 0.25) is 0 Å². The molecule has 0 saturated carbocycles. The first-order chi connectivity index (χ1) is 10.1. The van der Waals surface area contributed by atoms with Gasteiger partial charge in [-0.05, 0) is 30.2 Å². The maximum Gasteiger partial charge on any atom is 0.257 e. The third kappa shape index (κ3) is 2.54. The largest absolute Gasteiger partial charge is 0.472 e. The van der Waals surface area contributed by atoms with Crippen molar-refractivity contribution in [1.29, 1.82) is 0 Å². The van der Waals surface area contributed by atoms with E-state index in [0.717, 1.165) is 12.1 Å². The fraction of sp³-hybridized carbons (Fsp3) is 0.267. The number of halogens is 2. The molecule has 1 aromatic carbocycles. The van der Waals surface area contributed by atoms with E-state index in [1.54, 1.807) is 0 Å². The van der Waals surface area contributed by atoms with E-state index in [-0.39, 0.29) is 18.9 Å². The van der Waals surface area contributed by atoms with Gasteiger partial charge in [0.25, 0.3) is 5.91 Å². The number of β-amino-alcohol motifs (C(OH)–C–C–N with tert-alkyl or cyclic N) is 1. The average Bonchev–Trinajstić information content (AvgIpc) is 3.10. The van der Waals surface area contributed by atoms with Gasteiger partial charge >= 0.3 is 0 Å². The lowest BCUT2D eigenvalue weighted by Crippen LogP contribution is -2.31. The number of carbonyl (C=O) groups is 1. The van der Waals surface area contributed by atoms with E-state index in [9.17, 15) is 18.7 Å². The van der Waals surface area contributed by atoms with Crippen LogP contribution in [0.25, 0.3) is 0 Å². The highest BCUT2D eigenvalue weighted by molar-refractivity contribution is 5.94. The van der Waals surface area contributed by atoms with Crippen molar-refractivity contribution >= 4 is 5.91 Å². The van der Waals surface area contributed by atoms with Crippen LogP contribution in [-0.2, 0) is 0 Å². The molecule has 3 rings (SSSR count). The van der Waals surface area contributed by atoms with Gasteiger partial charge in [-0.1, -0.05) is 6.07 Å². The molecule has 2 aromatic rings. The van der Waals surface area contributed by atoms with Gasteiger partial charge in [-0.25, -0.2) is 8.78 Å². The first kappa shape index (κ1) is 13.8. The Morgan fingerprint density at radius 1 is 1.29 bits per heavy atom. The fourth-order valence-corrected chi connectivity index (χ4v) is 2.63. The molecule has 6 heteroatoms. The van der Waals surface area contributed by atoms with Crippen molar-refractivity contribution < 1.29 is 23.1 Å². The molecule has 1 fully saturated rings. The summed E-state index contributed by atoms with van der Waals surface area (Å²) in [4.78, 5) is 13.8. The van der Waals surface area contributed by atoms with Crippen molar-refractivity contribution in [3.8, 4) is 0 Å². The first-order valence-electron chi connectivity index (χ1n) is 6.52. The molecule has 0 aliphatic carbocycles. The van der Waals surface area contributed by atoms with Crippen LogP contribution in [0.2, 0.25) is 0 Å². The normalized spacial score (nSPS) is 21.8. The van der Waals surface area contributed by atoms with E-state index in [1.807, 2.05) is 0 Å². The Balaban J connectivity index is 1.92. The summed E-state index contributed by atoms with van der Waals surface area (Å²) in [6.45, 7) is 0.147. The number of likely N-dealkylation sites (tertiary alicyclic amines) is 1. The van der Waals surface area contributed by atoms with Crippen LogP contribution in [0.3, 0.4) is 0 Å². The Labute approximate surface area is 119 Å². The van der Waals surface area contributed by atoms with Gasteiger partial charge < -0.3 is 14.4 Å². The van der Waals surface area contributed by atoms with Crippen LogP contribution in [0.1, 0.15) is 28.4 Å². The minimum atomic E-state index is -0.968. The number of aliphatic hydroxyl groups is 1. The van der Waals surface area contributed by atoms with E-state index in [4.69, 9.17) is 4.42 Å². The lowest BCUT2D eigenvalue weighted by molar-refractivity contribution is 0.0715. The molecule has 1 N–H and O–H groups in total. The number of nitrogens with zero attached hydrogens (tertiary/aromatic N) is 1. The predicted octanol–water partition coefficient (Wildman–Crippen LogP) is 2.51. The molecule has 0 bridgehead atoms. The van der Waals surface area contributed by atoms with Crippen LogP contribution in [-0.4, -0.2) is 28.6 Å². The molecule has 1 saturated heterocycles. The number of amides is 1. The monoisotopic (exact) mass is 293 g/mol. The highest BCUT2D eigenvalue weighted by Crippen LogP contribution is 2.34. The summed E-state index contributed by atoms with van der Waals surface area (Å²) >= 11 is 0. The number of carbonyl (C=O) groups excluding carboxylic acids is 1.